The van der Waals surface area contributed by atoms with Crippen molar-refractivity contribution in [1.82, 2.24) is 0 Å². The van der Waals surface area contributed by atoms with Crippen LogP contribution in [0, 0.1) is 0 Å². The fourth-order valence-electron chi connectivity index (χ4n) is 0.361. The maximum Gasteiger partial charge on any atom is 0.311 e. The van der Waals surface area contributed by atoms with Gasteiger partial charge in [0.25, 0.3) is 0 Å². The van der Waals surface area contributed by atoms with E-state index in [0.29, 0.717) is 6.54 Å². The van der Waals surface area contributed by atoms with Crippen molar-refractivity contribution < 1.29 is 12.6 Å². The Morgan fingerprint density at radius 3 is 2.62 bits per heavy atom. The number of hydrogen-bond donors (Lipinski definition) is 0. The topological polar surface area (TPSA) is 55.7 Å². The quantitative estimate of drug-likeness (QED) is 0.416. The molecule has 0 N–H and O–H groups in total. The van der Waals surface area contributed by atoms with Crippen LogP contribution in [0.3, 0.4) is 0 Å². The van der Waals surface area contributed by atoms with Crippen LogP contribution in [0.5, 0.6) is 0 Å². The van der Waals surface area contributed by atoms with Crippen LogP contribution in [0.4, 0.5) is 0 Å². The van der Waals surface area contributed by atoms with E-state index in [0.717, 1.165) is 6.40 Å². The maximum atomic E-state index is 10.3. The molecule has 0 saturated carbocycles. The van der Waals surface area contributed by atoms with Crippen LogP contribution in [0.1, 0.15) is 0 Å². The van der Waals surface area contributed by atoms with Crippen LogP contribution in [-0.2, 0) is 14.3 Å². The molecule has 0 aromatic heterocycles. The van der Waals surface area contributed by atoms with Crippen molar-refractivity contribution in [2.24, 2.45) is 4.99 Å². The molecule has 0 aliphatic carbocycles. The zero-order valence-corrected chi connectivity index (χ0v) is 4.89. The fourth-order valence-corrected chi connectivity index (χ4v) is 0.979. The van der Waals surface area contributed by atoms with Crippen molar-refractivity contribution in [1.29, 1.82) is 0 Å². The number of hydrogen-bond acceptors (Lipinski definition) is 4. The molecule has 0 atom stereocenters. The molecule has 4 nitrogen and oxygen atoms in total. The predicted molar refractivity (Wildman–Crippen MR) is 28.2 cm³/mol. The van der Waals surface area contributed by atoms with Gasteiger partial charge < -0.3 is 4.18 Å². The van der Waals surface area contributed by atoms with Gasteiger partial charge in [-0.3, -0.25) is 4.99 Å². The first-order valence-electron chi connectivity index (χ1n) is 2.10. The smallest absolute Gasteiger partial charge is 0.311 e. The molecule has 1 aliphatic heterocycles. The van der Waals surface area contributed by atoms with Gasteiger partial charge in [0.1, 0.15) is 5.75 Å². The normalized spacial score (nSPS) is 24.5. The summed E-state index contributed by atoms with van der Waals surface area (Å²) in [5.41, 5.74) is 0. The summed E-state index contributed by atoms with van der Waals surface area (Å²) in [6.07, 6.45) is 0.957. The van der Waals surface area contributed by atoms with E-state index in [2.05, 4.69) is 9.18 Å². The van der Waals surface area contributed by atoms with Gasteiger partial charge in [0.15, 0.2) is 6.40 Å². The van der Waals surface area contributed by atoms with Gasteiger partial charge in [0.05, 0.1) is 6.54 Å². The second kappa shape index (κ2) is 1.74. The minimum atomic E-state index is -3.23. The molecule has 1 aliphatic rings. The minimum absolute atomic E-state index is 0.00347. The lowest BCUT2D eigenvalue weighted by molar-refractivity contribution is 0.484. The van der Waals surface area contributed by atoms with Crippen molar-refractivity contribution >= 4 is 16.5 Å². The van der Waals surface area contributed by atoms with Gasteiger partial charge in [0, 0.05) is 0 Å². The zero-order chi connectivity index (χ0) is 6.04. The van der Waals surface area contributed by atoms with Gasteiger partial charge in [-0.1, -0.05) is 0 Å². The standard InChI is InChI=1S/C3H5NO3S/c5-8(6)2-1-4-3-7-8/h3H,1-2H2. The molecule has 0 saturated heterocycles. The third-order valence-electron chi connectivity index (χ3n) is 0.735. The van der Waals surface area contributed by atoms with Crippen LogP contribution in [0.15, 0.2) is 4.99 Å². The average Bonchev–Trinajstić information content (AvgIpc) is 1.65. The summed E-state index contributed by atoms with van der Waals surface area (Å²) in [6.45, 7) is 0.322. The highest BCUT2D eigenvalue weighted by Crippen LogP contribution is 1.95. The lowest BCUT2D eigenvalue weighted by Crippen LogP contribution is -2.16. The summed E-state index contributed by atoms with van der Waals surface area (Å²) < 4.78 is 24.8. The molecular weight excluding hydrogens is 130 g/mol. The third-order valence-corrected chi connectivity index (χ3v) is 1.80. The van der Waals surface area contributed by atoms with Crippen molar-refractivity contribution in [3.8, 4) is 0 Å². The number of nitrogens with zero attached hydrogens (tertiary/aromatic N) is 1. The highest BCUT2D eigenvalue weighted by molar-refractivity contribution is 7.87. The average molecular weight is 135 g/mol. The molecule has 0 aromatic rings. The van der Waals surface area contributed by atoms with E-state index in [-0.39, 0.29) is 5.75 Å². The van der Waals surface area contributed by atoms with E-state index in [1.807, 2.05) is 0 Å². The van der Waals surface area contributed by atoms with Gasteiger partial charge in [-0.05, 0) is 0 Å². The lowest BCUT2D eigenvalue weighted by atomic mass is 10.8. The summed E-state index contributed by atoms with van der Waals surface area (Å²) in [6, 6.07) is 0. The van der Waals surface area contributed by atoms with Crippen molar-refractivity contribution in [3.05, 3.63) is 0 Å². The lowest BCUT2D eigenvalue weighted by Gasteiger charge is -2.03. The third kappa shape index (κ3) is 1.19. The Hall–Kier alpha value is -0.580. The Morgan fingerprint density at radius 1 is 1.62 bits per heavy atom. The van der Waals surface area contributed by atoms with E-state index >= 15 is 0 Å². The van der Waals surface area contributed by atoms with Crippen LogP contribution in [0.2, 0.25) is 0 Å². The molecule has 0 fully saturated rings. The van der Waals surface area contributed by atoms with Gasteiger partial charge in [0.2, 0.25) is 0 Å². The molecule has 46 valence electrons. The van der Waals surface area contributed by atoms with E-state index < -0.39 is 10.1 Å². The molecule has 0 unspecified atom stereocenters. The van der Waals surface area contributed by atoms with Crippen LogP contribution in [-0.4, -0.2) is 27.1 Å². The summed E-state index contributed by atoms with van der Waals surface area (Å²) in [5.74, 6) is 0.00347. The summed E-state index contributed by atoms with van der Waals surface area (Å²) in [4.78, 5) is 3.55. The Balaban J connectivity index is 2.79. The first kappa shape index (κ1) is 5.55. The zero-order valence-electron chi connectivity index (χ0n) is 4.07. The Morgan fingerprint density at radius 2 is 2.38 bits per heavy atom. The second-order valence-electron chi connectivity index (χ2n) is 1.37. The minimum Gasteiger partial charge on any atom is -0.370 e. The highest BCUT2D eigenvalue weighted by atomic mass is 32.2. The SMILES string of the molecule is O=S1(=O)CCN=CO1. The molecule has 0 bridgehead atoms. The van der Waals surface area contributed by atoms with Crippen LogP contribution in [0.25, 0.3) is 0 Å². The summed E-state index contributed by atoms with van der Waals surface area (Å²) in [7, 11) is -3.23. The molecule has 0 aromatic carbocycles. The predicted octanol–water partition coefficient (Wildman–Crippen LogP) is -0.625. The van der Waals surface area contributed by atoms with E-state index in [1.54, 1.807) is 0 Å². The fraction of sp³-hybridized carbons (Fsp3) is 0.667. The van der Waals surface area contributed by atoms with Crippen molar-refractivity contribution in [2.75, 3.05) is 12.3 Å². The molecule has 0 radical (unpaired) electrons. The summed E-state index contributed by atoms with van der Waals surface area (Å²) >= 11 is 0. The van der Waals surface area contributed by atoms with E-state index in [4.69, 9.17) is 0 Å². The molecule has 5 heteroatoms. The van der Waals surface area contributed by atoms with Gasteiger partial charge in [-0.15, -0.1) is 0 Å². The van der Waals surface area contributed by atoms with Crippen LogP contribution < -0.4 is 0 Å². The summed E-state index contributed by atoms with van der Waals surface area (Å²) in [5, 5.41) is 0. The van der Waals surface area contributed by atoms with E-state index in [1.165, 1.54) is 0 Å². The van der Waals surface area contributed by atoms with Gasteiger partial charge >= 0.3 is 10.1 Å². The second-order valence-corrected chi connectivity index (χ2v) is 3.09. The number of rotatable bonds is 0. The first-order chi connectivity index (χ1) is 3.71. The highest BCUT2D eigenvalue weighted by Gasteiger charge is 2.11. The molecule has 8 heavy (non-hydrogen) atoms. The maximum absolute atomic E-state index is 10.3. The molecular formula is C3H5NO3S. The Bertz CT molecular complexity index is 193. The largest absolute Gasteiger partial charge is 0.370 e. The molecule has 0 amide bonds. The molecule has 0 spiro atoms. The van der Waals surface area contributed by atoms with Gasteiger partial charge in [-0.25, -0.2) is 0 Å². The van der Waals surface area contributed by atoms with E-state index in [9.17, 15) is 8.42 Å². The monoisotopic (exact) mass is 135 g/mol. The van der Waals surface area contributed by atoms with Crippen LogP contribution >= 0.6 is 0 Å². The Kier molecular flexibility index (Phi) is 1.21. The first-order valence-corrected chi connectivity index (χ1v) is 3.68. The number of aliphatic imine (C=N–C) groups is 1. The van der Waals surface area contributed by atoms with Crippen molar-refractivity contribution in [2.45, 2.75) is 0 Å². The molecule has 1 heterocycles. The molecule has 1 rings (SSSR count). The Labute approximate surface area is 47.3 Å². The van der Waals surface area contributed by atoms with Gasteiger partial charge in [-0.2, -0.15) is 8.42 Å². The van der Waals surface area contributed by atoms with Crippen molar-refractivity contribution in [3.63, 3.8) is 0 Å².